The van der Waals surface area contributed by atoms with Gasteiger partial charge >= 0.3 is 0 Å². The molecule has 0 bridgehead atoms. The molecular formula is C22H26N6O2. The highest BCUT2D eigenvalue weighted by molar-refractivity contribution is 5.93. The summed E-state index contributed by atoms with van der Waals surface area (Å²) in [5.41, 5.74) is 5.05. The van der Waals surface area contributed by atoms with E-state index >= 15 is 0 Å². The Morgan fingerprint density at radius 1 is 1.13 bits per heavy atom. The van der Waals surface area contributed by atoms with Crippen LogP contribution in [0.2, 0.25) is 0 Å². The lowest BCUT2D eigenvalue weighted by atomic mass is 10.2. The van der Waals surface area contributed by atoms with Gasteiger partial charge in [0.25, 0.3) is 0 Å². The van der Waals surface area contributed by atoms with Gasteiger partial charge in [-0.3, -0.25) is 0 Å². The molecule has 0 radical (unpaired) electrons. The molecule has 3 aromatic heterocycles. The van der Waals surface area contributed by atoms with Crippen molar-refractivity contribution in [2.24, 2.45) is 11.1 Å². The van der Waals surface area contributed by atoms with Gasteiger partial charge in [0.05, 0.1) is 18.7 Å². The van der Waals surface area contributed by atoms with Crippen LogP contribution in [0.4, 0.5) is 0 Å². The molecule has 0 aliphatic carbocycles. The van der Waals surface area contributed by atoms with E-state index in [4.69, 9.17) is 9.57 Å². The number of benzene rings is 1. The highest BCUT2D eigenvalue weighted by atomic mass is 16.6. The van der Waals surface area contributed by atoms with Gasteiger partial charge < -0.3 is 14.1 Å². The number of nitrogens with zero attached hydrogens (tertiary/aromatic N) is 6. The van der Waals surface area contributed by atoms with E-state index in [2.05, 4.69) is 52.5 Å². The van der Waals surface area contributed by atoms with Gasteiger partial charge in [-0.25, -0.2) is 14.5 Å². The zero-order valence-electron chi connectivity index (χ0n) is 18.0. The number of hydrogen-bond acceptors (Lipinski definition) is 6. The third-order valence-corrected chi connectivity index (χ3v) is 5.12. The van der Waals surface area contributed by atoms with Crippen LogP contribution in [0.15, 0.2) is 35.7 Å². The second kappa shape index (κ2) is 8.14. The van der Waals surface area contributed by atoms with E-state index in [9.17, 15) is 0 Å². The molecule has 4 aromatic rings. The monoisotopic (exact) mass is 406 g/mol. The van der Waals surface area contributed by atoms with Crippen LogP contribution in [0, 0.1) is 19.8 Å². The summed E-state index contributed by atoms with van der Waals surface area (Å²) in [6.07, 6.45) is 3.36. The van der Waals surface area contributed by atoms with Gasteiger partial charge in [-0.1, -0.05) is 19.0 Å². The maximum Gasteiger partial charge on any atom is 0.192 e. The van der Waals surface area contributed by atoms with Crippen molar-refractivity contribution in [1.29, 1.82) is 0 Å². The quantitative estimate of drug-likeness (QED) is 0.343. The molecule has 30 heavy (non-hydrogen) atoms. The lowest BCUT2D eigenvalue weighted by Crippen LogP contribution is -2.07. The molecule has 0 atom stereocenters. The predicted octanol–water partition coefficient (Wildman–Crippen LogP) is 3.91. The van der Waals surface area contributed by atoms with E-state index in [0.717, 1.165) is 34.5 Å². The number of aromatic nitrogens is 5. The van der Waals surface area contributed by atoms with Gasteiger partial charge in [0.1, 0.15) is 17.7 Å². The average Bonchev–Trinajstić information content (AvgIpc) is 3.25. The topological polar surface area (TPSA) is 78.8 Å². The summed E-state index contributed by atoms with van der Waals surface area (Å²) in [5.74, 6) is 1.89. The first-order chi connectivity index (χ1) is 14.5. The predicted molar refractivity (Wildman–Crippen MR) is 116 cm³/mol. The summed E-state index contributed by atoms with van der Waals surface area (Å²) in [6.45, 7) is 9.75. The summed E-state index contributed by atoms with van der Waals surface area (Å²) >= 11 is 0. The molecule has 1 aromatic carbocycles. The maximum absolute atomic E-state index is 5.41. The average molecular weight is 406 g/mol. The molecule has 0 amide bonds. The highest BCUT2D eigenvalue weighted by Crippen LogP contribution is 2.27. The van der Waals surface area contributed by atoms with Crippen LogP contribution in [-0.2, 0) is 18.0 Å². The molecule has 0 fully saturated rings. The fourth-order valence-corrected chi connectivity index (χ4v) is 3.51. The minimum absolute atomic E-state index is 0.181. The SMILES string of the molecule is COc1ccc(/C=N/OCc2nc3c4c(C)c(C)n(CC(C)C)c4ncn3n2)cc1. The summed E-state index contributed by atoms with van der Waals surface area (Å²) in [7, 11) is 1.64. The van der Waals surface area contributed by atoms with E-state index in [-0.39, 0.29) is 6.61 Å². The molecule has 156 valence electrons. The van der Waals surface area contributed by atoms with Crippen LogP contribution >= 0.6 is 0 Å². The first-order valence-electron chi connectivity index (χ1n) is 9.97. The number of fused-ring (bicyclic) bond motifs is 3. The van der Waals surface area contributed by atoms with Crippen molar-refractivity contribution in [2.45, 2.75) is 40.8 Å². The largest absolute Gasteiger partial charge is 0.497 e. The molecule has 0 saturated carbocycles. The minimum atomic E-state index is 0.181. The summed E-state index contributed by atoms with van der Waals surface area (Å²) in [6, 6.07) is 7.56. The van der Waals surface area contributed by atoms with E-state index in [1.807, 2.05) is 24.3 Å². The van der Waals surface area contributed by atoms with Gasteiger partial charge in [0, 0.05) is 12.2 Å². The Bertz CT molecular complexity index is 1200. The third-order valence-electron chi connectivity index (χ3n) is 5.12. The fraction of sp³-hybridized carbons (Fsp3) is 0.364. The molecule has 0 saturated heterocycles. The first kappa shape index (κ1) is 19.9. The van der Waals surface area contributed by atoms with Gasteiger partial charge in [-0.2, -0.15) is 0 Å². The molecule has 8 heteroatoms. The molecule has 0 unspecified atom stereocenters. The van der Waals surface area contributed by atoms with Crippen LogP contribution in [0.1, 0.15) is 36.5 Å². The van der Waals surface area contributed by atoms with E-state index in [1.54, 1.807) is 24.2 Å². The highest BCUT2D eigenvalue weighted by Gasteiger charge is 2.18. The molecule has 0 aliphatic heterocycles. The number of ether oxygens (including phenoxy) is 1. The summed E-state index contributed by atoms with van der Waals surface area (Å²) in [4.78, 5) is 14.7. The Morgan fingerprint density at radius 3 is 2.60 bits per heavy atom. The van der Waals surface area contributed by atoms with Crippen molar-refractivity contribution in [2.75, 3.05) is 7.11 Å². The van der Waals surface area contributed by atoms with Crippen LogP contribution in [0.3, 0.4) is 0 Å². The Morgan fingerprint density at radius 2 is 1.90 bits per heavy atom. The lowest BCUT2D eigenvalue weighted by molar-refractivity contribution is 0.126. The number of oxime groups is 1. The van der Waals surface area contributed by atoms with Crippen LogP contribution in [-0.4, -0.2) is 37.5 Å². The lowest BCUT2D eigenvalue weighted by Gasteiger charge is -2.10. The standard InChI is InChI=1S/C22H26N6O2/c1-14(2)11-27-16(4)15(3)20-21(27)23-13-28-22(20)25-19(26-28)12-30-24-10-17-6-8-18(29-5)9-7-17/h6-10,13-14H,11-12H2,1-5H3/b24-10+. The zero-order chi connectivity index (χ0) is 21.3. The number of hydrogen-bond donors (Lipinski definition) is 0. The van der Waals surface area contributed by atoms with E-state index in [0.29, 0.717) is 11.7 Å². The Hall–Kier alpha value is -3.42. The van der Waals surface area contributed by atoms with Crippen molar-refractivity contribution < 1.29 is 9.57 Å². The molecular weight excluding hydrogens is 380 g/mol. The summed E-state index contributed by atoms with van der Waals surface area (Å²) in [5, 5.41) is 9.55. The molecule has 8 nitrogen and oxygen atoms in total. The Labute approximate surface area is 175 Å². The minimum Gasteiger partial charge on any atom is -0.497 e. The van der Waals surface area contributed by atoms with E-state index in [1.165, 1.54) is 11.3 Å². The van der Waals surface area contributed by atoms with Crippen LogP contribution in [0.5, 0.6) is 5.75 Å². The molecule has 4 rings (SSSR count). The molecule has 0 N–H and O–H groups in total. The van der Waals surface area contributed by atoms with Crippen LogP contribution in [0.25, 0.3) is 16.7 Å². The van der Waals surface area contributed by atoms with Crippen molar-refractivity contribution in [3.63, 3.8) is 0 Å². The third kappa shape index (κ3) is 3.72. The van der Waals surface area contributed by atoms with Gasteiger partial charge in [-0.05, 0) is 55.2 Å². The second-order valence-corrected chi connectivity index (χ2v) is 7.74. The van der Waals surface area contributed by atoms with Gasteiger partial charge in [-0.15, -0.1) is 5.10 Å². The normalized spacial score (nSPS) is 11.9. The van der Waals surface area contributed by atoms with E-state index < -0.39 is 0 Å². The second-order valence-electron chi connectivity index (χ2n) is 7.74. The summed E-state index contributed by atoms with van der Waals surface area (Å²) < 4.78 is 9.12. The van der Waals surface area contributed by atoms with Crippen molar-refractivity contribution in [3.05, 3.63) is 53.2 Å². The number of methoxy groups -OCH3 is 1. The van der Waals surface area contributed by atoms with Gasteiger partial charge in [0.15, 0.2) is 18.1 Å². The van der Waals surface area contributed by atoms with Crippen molar-refractivity contribution in [1.82, 2.24) is 24.1 Å². The van der Waals surface area contributed by atoms with Gasteiger partial charge in [0.2, 0.25) is 0 Å². The number of aryl methyl sites for hydroxylation is 1. The van der Waals surface area contributed by atoms with Crippen LogP contribution < -0.4 is 4.74 Å². The maximum atomic E-state index is 5.41. The fourth-order valence-electron chi connectivity index (χ4n) is 3.51. The first-order valence-corrected chi connectivity index (χ1v) is 9.97. The van der Waals surface area contributed by atoms with Crippen molar-refractivity contribution in [3.8, 4) is 5.75 Å². The zero-order valence-corrected chi connectivity index (χ0v) is 18.0. The smallest absolute Gasteiger partial charge is 0.192 e. The Kier molecular flexibility index (Phi) is 5.39. The molecule has 3 heterocycles. The molecule has 0 spiro atoms. The molecule has 0 aliphatic rings. The van der Waals surface area contributed by atoms with Crippen molar-refractivity contribution >= 4 is 22.9 Å². The Balaban J connectivity index is 1.55. The number of rotatable bonds is 7.